The SMILES string of the molecule is COc1ccc(N2C(=O)C(O)=C(C(=O)c3cccs3)C2c2cccc(O)c2)cc1. The van der Waals surface area contributed by atoms with E-state index < -0.39 is 23.5 Å². The van der Waals surface area contributed by atoms with E-state index in [1.807, 2.05) is 0 Å². The summed E-state index contributed by atoms with van der Waals surface area (Å²) in [4.78, 5) is 27.9. The first kappa shape index (κ1) is 18.8. The zero-order valence-corrected chi connectivity index (χ0v) is 16.2. The van der Waals surface area contributed by atoms with Crippen molar-refractivity contribution in [1.82, 2.24) is 0 Å². The summed E-state index contributed by atoms with van der Waals surface area (Å²) in [5, 5.41) is 22.4. The topological polar surface area (TPSA) is 87.1 Å². The molecule has 2 N–H and O–H groups in total. The van der Waals surface area contributed by atoms with Gasteiger partial charge in [0.1, 0.15) is 11.5 Å². The summed E-state index contributed by atoms with van der Waals surface area (Å²) in [5.74, 6) is -1.08. The lowest BCUT2D eigenvalue weighted by atomic mass is 9.95. The van der Waals surface area contributed by atoms with Crippen molar-refractivity contribution in [3.8, 4) is 11.5 Å². The highest BCUT2D eigenvalue weighted by Gasteiger charge is 2.44. The second-order valence-corrected chi connectivity index (χ2v) is 7.39. The van der Waals surface area contributed by atoms with Gasteiger partial charge in [0.05, 0.1) is 23.6 Å². The third-order valence-corrected chi connectivity index (χ3v) is 5.60. The molecular weight excluding hydrogens is 390 g/mol. The molecule has 6 nitrogen and oxygen atoms in total. The smallest absolute Gasteiger partial charge is 0.294 e. The molecule has 1 aliphatic heterocycles. The minimum absolute atomic E-state index is 0.000979. The van der Waals surface area contributed by atoms with Crippen LogP contribution in [0.2, 0.25) is 0 Å². The number of amides is 1. The van der Waals surface area contributed by atoms with Crippen LogP contribution in [0.15, 0.2) is 77.4 Å². The molecule has 1 atom stereocenters. The predicted molar refractivity (Wildman–Crippen MR) is 110 cm³/mol. The van der Waals surface area contributed by atoms with Gasteiger partial charge < -0.3 is 14.9 Å². The second-order valence-electron chi connectivity index (χ2n) is 6.44. The van der Waals surface area contributed by atoms with Gasteiger partial charge in [0, 0.05) is 5.69 Å². The van der Waals surface area contributed by atoms with Gasteiger partial charge in [-0.3, -0.25) is 14.5 Å². The third kappa shape index (κ3) is 3.25. The van der Waals surface area contributed by atoms with Crippen LogP contribution in [0.4, 0.5) is 5.69 Å². The standard InChI is InChI=1S/C22H17NO5S/c1-28-16-9-7-14(8-10-16)23-19(13-4-2-5-15(24)12-13)18(21(26)22(23)27)20(25)17-6-3-11-29-17/h2-12,19,24,26H,1H3. The molecule has 0 saturated heterocycles. The largest absolute Gasteiger partial charge is 0.508 e. The quantitative estimate of drug-likeness (QED) is 0.618. The van der Waals surface area contributed by atoms with E-state index in [2.05, 4.69) is 0 Å². The Morgan fingerprint density at radius 1 is 1.07 bits per heavy atom. The summed E-state index contributed by atoms with van der Waals surface area (Å²) < 4.78 is 5.17. The number of hydrogen-bond acceptors (Lipinski definition) is 6. The molecule has 0 saturated carbocycles. The van der Waals surface area contributed by atoms with E-state index in [-0.39, 0.29) is 11.3 Å². The van der Waals surface area contributed by atoms with Crippen LogP contribution in [0.25, 0.3) is 0 Å². The first-order valence-electron chi connectivity index (χ1n) is 8.79. The normalized spacial score (nSPS) is 16.4. The van der Waals surface area contributed by atoms with E-state index in [1.165, 1.54) is 35.5 Å². The lowest BCUT2D eigenvalue weighted by Gasteiger charge is -2.27. The van der Waals surface area contributed by atoms with Crippen molar-refractivity contribution in [1.29, 1.82) is 0 Å². The number of anilines is 1. The highest BCUT2D eigenvalue weighted by atomic mass is 32.1. The van der Waals surface area contributed by atoms with Gasteiger partial charge in [-0.15, -0.1) is 11.3 Å². The van der Waals surface area contributed by atoms with Gasteiger partial charge in [-0.05, 0) is 53.4 Å². The molecule has 4 rings (SSSR count). The maximum absolute atomic E-state index is 13.1. The molecule has 1 aromatic heterocycles. The number of phenolic OH excluding ortho intramolecular Hbond substituents is 1. The van der Waals surface area contributed by atoms with E-state index in [0.717, 1.165) is 0 Å². The highest BCUT2D eigenvalue weighted by Crippen LogP contribution is 2.43. The van der Waals surface area contributed by atoms with Crippen LogP contribution >= 0.6 is 11.3 Å². The van der Waals surface area contributed by atoms with Crippen molar-refractivity contribution < 1.29 is 24.5 Å². The van der Waals surface area contributed by atoms with E-state index in [1.54, 1.807) is 53.9 Å². The van der Waals surface area contributed by atoms with Crippen LogP contribution in [-0.2, 0) is 4.79 Å². The summed E-state index contributed by atoms with van der Waals surface area (Å²) in [6, 6.07) is 15.6. The molecule has 2 aromatic carbocycles. The van der Waals surface area contributed by atoms with Crippen molar-refractivity contribution >= 4 is 28.7 Å². The first-order chi connectivity index (χ1) is 14.0. The molecule has 29 heavy (non-hydrogen) atoms. The van der Waals surface area contributed by atoms with Crippen LogP contribution in [0, 0.1) is 0 Å². The monoisotopic (exact) mass is 407 g/mol. The zero-order chi connectivity index (χ0) is 20.5. The number of phenols is 1. The van der Waals surface area contributed by atoms with Crippen molar-refractivity contribution in [3.05, 3.63) is 87.8 Å². The van der Waals surface area contributed by atoms with Crippen LogP contribution in [-0.4, -0.2) is 29.0 Å². The summed E-state index contributed by atoms with van der Waals surface area (Å²) in [7, 11) is 1.54. The zero-order valence-electron chi connectivity index (χ0n) is 15.4. The molecule has 7 heteroatoms. The molecule has 146 valence electrons. The number of methoxy groups -OCH3 is 1. The molecule has 0 radical (unpaired) electrons. The Morgan fingerprint density at radius 2 is 1.83 bits per heavy atom. The summed E-state index contributed by atoms with van der Waals surface area (Å²) in [5.41, 5.74) is 0.988. The summed E-state index contributed by atoms with van der Waals surface area (Å²) >= 11 is 1.23. The number of ether oxygens (including phenoxy) is 1. The highest BCUT2D eigenvalue weighted by molar-refractivity contribution is 7.12. The molecule has 1 unspecified atom stereocenters. The number of aliphatic hydroxyl groups excluding tert-OH is 1. The Morgan fingerprint density at radius 3 is 2.45 bits per heavy atom. The number of Topliss-reactive ketones (excluding diaryl/α,β-unsaturated/α-hetero) is 1. The number of thiophene rings is 1. The molecular formula is C22H17NO5S. The van der Waals surface area contributed by atoms with E-state index in [0.29, 0.717) is 21.9 Å². The van der Waals surface area contributed by atoms with Gasteiger partial charge in [-0.2, -0.15) is 0 Å². The Hall–Kier alpha value is -3.58. The molecule has 0 bridgehead atoms. The van der Waals surface area contributed by atoms with Crippen LogP contribution in [0.1, 0.15) is 21.3 Å². The lowest BCUT2D eigenvalue weighted by Crippen LogP contribution is -2.30. The van der Waals surface area contributed by atoms with Gasteiger partial charge in [-0.1, -0.05) is 18.2 Å². The lowest BCUT2D eigenvalue weighted by molar-refractivity contribution is -0.117. The number of aliphatic hydroxyl groups is 1. The maximum atomic E-state index is 13.1. The molecule has 2 heterocycles. The molecule has 0 fully saturated rings. The number of aromatic hydroxyl groups is 1. The molecule has 0 aliphatic carbocycles. The first-order valence-corrected chi connectivity index (χ1v) is 9.67. The average molecular weight is 407 g/mol. The Bertz CT molecular complexity index is 1100. The minimum atomic E-state index is -0.877. The van der Waals surface area contributed by atoms with Crippen molar-refractivity contribution in [2.24, 2.45) is 0 Å². The molecule has 0 spiro atoms. The fourth-order valence-corrected chi connectivity index (χ4v) is 4.07. The Balaban J connectivity index is 1.87. The van der Waals surface area contributed by atoms with Gasteiger partial charge in [0.15, 0.2) is 5.76 Å². The van der Waals surface area contributed by atoms with Gasteiger partial charge in [0.2, 0.25) is 5.78 Å². The Labute approximate surface area is 170 Å². The van der Waals surface area contributed by atoms with Crippen molar-refractivity contribution in [2.75, 3.05) is 12.0 Å². The Kier molecular flexibility index (Phi) is 4.82. The van der Waals surface area contributed by atoms with E-state index in [4.69, 9.17) is 4.74 Å². The van der Waals surface area contributed by atoms with Gasteiger partial charge in [0.25, 0.3) is 5.91 Å². The van der Waals surface area contributed by atoms with Crippen LogP contribution < -0.4 is 9.64 Å². The summed E-state index contributed by atoms with van der Waals surface area (Å²) in [6.07, 6.45) is 0. The maximum Gasteiger partial charge on any atom is 0.294 e. The van der Waals surface area contributed by atoms with Crippen molar-refractivity contribution in [2.45, 2.75) is 6.04 Å². The average Bonchev–Trinajstić information content (AvgIpc) is 3.35. The number of ketones is 1. The number of hydrogen-bond donors (Lipinski definition) is 2. The fourth-order valence-electron chi connectivity index (χ4n) is 3.40. The molecule has 1 amide bonds. The van der Waals surface area contributed by atoms with E-state index in [9.17, 15) is 19.8 Å². The second kappa shape index (κ2) is 7.44. The number of carbonyl (C=O) groups excluding carboxylic acids is 2. The number of benzene rings is 2. The van der Waals surface area contributed by atoms with Crippen LogP contribution in [0.5, 0.6) is 11.5 Å². The number of carbonyl (C=O) groups is 2. The predicted octanol–water partition coefficient (Wildman–Crippen LogP) is 4.25. The van der Waals surface area contributed by atoms with Gasteiger partial charge in [-0.25, -0.2) is 0 Å². The molecule has 1 aliphatic rings. The minimum Gasteiger partial charge on any atom is -0.508 e. The fraction of sp³-hybridized carbons (Fsp3) is 0.0909. The summed E-state index contributed by atoms with van der Waals surface area (Å²) in [6.45, 7) is 0. The molecule has 3 aromatic rings. The van der Waals surface area contributed by atoms with Crippen molar-refractivity contribution in [3.63, 3.8) is 0 Å². The van der Waals surface area contributed by atoms with Crippen LogP contribution in [0.3, 0.4) is 0 Å². The number of rotatable bonds is 5. The third-order valence-electron chi connectivity index (χ3n) is 4.73. The van der Waals surface area contributed by atoms with E-state index >= 15 is 0 Å². The number of nitrogens with zero attached hydrogens (tertiary/aromatic N) is 1. The van der Waals surface area contributed by atoms with Gasteiger partial charge >= 0.3 is 0 Å².